The van der Waals surface area contributed by atoms with Gasteiger partial charge < -0.3 is 14.5 Å². The molecule has 0 saturated heterocycles. The Bertz CT molecular complexity index is 744. The molecule has 2 heterocycles. The maximum absolute atomic E-state index is 11.3. The quantitative estimate of drug-likeness (QED) is 0.740. The van der Waals surface area contributed by atoms with Crippen LogP contribution in [0.25, 0.3) is 10.1 Å². The molecule has 0 amide bonds. The molecule has 0 aliphatic heterocycles. The third kappa shape index (κ3) is 2.53. The number of hydrogen-bond acceptors (Lipinski definition) is 5. The van der Waals surface area contributed by atoms with Crippen LogP contribution in [0.15, 0.2) is 46.2 Å². The lowest BCUT2D eigenvalue weighted by atomic mass is 10.2. The number of ether oxygens (including phenoxy) is 1. The zero-order valence-electron chi connectivity index (χ0n) is 10.9. The Morgan fingerprint density at radius 1 is 1.30 bits per heavy atom. The maximum Gasteiger partial charge on any atom is 0.373 e. The highest BCUT2D eigenvalue weighted by Gasteiger charge is 2.10. The Morgan fingerprint density at radius 3 is 3.05 bits per heavy atom. The second-order valence-corrected chi connectivity index (χ2v) is 5.23. The summed E-state index contributed by atoms with van der Waals surface area (Å²) < 4.78 is 11.3. The minimum atomic E-state index is -0.462. The van der Waals surface area contributed by atoms with Gasteiger partial charge in [-0.05, 0) is 47.2 Å². The van der Waals surface area contributed by atoms with Crippen molar-refractivity contribution in [2.45, 2.75) is 6.54 Å². The summed E-state index contributed by atoms with van der Waals surface area (Å²) in [5, 5.41) is 6.56. The molecule has 0 aliphatic rings. The van der Waals surface area contributed by atoms with Gasteiger partial charge in [0.15, 0.2) is 0 Å². The molecule has 3 aromatic rings. The van der Waals surface area contributed by atoms with Crippen molar-refractivity contribution in [3.8, 4) is 0 Å². The number of esters is 1. The minimum absolute atomic E-state index is 0.220. The van der Waals surface area contributed by atoms with Crippen molar-refractivity contribution in [1.82, 2.24) is 0 Å². The van der Waals surface area contributed by atoms with Crippen molar-refractivity contribution in [3.05, 3.63) is 53.3 Å². The molecule has 5 heteroatoms. The van der Waals surface area contributed by atoms with Crippen LogP contribution in [0, 0.1) is 0 Å². The number of anilines is 1. The average molecular weight is 287 g/mol. The summed E-state index contributed by atoms with van der Waals surface area (Å²) in [6, 6.07) is 11.7. The second kappa shape index (κ2) is 5.38. The van der Waals surface area contributed by atoms with E-state index < -0.39 is 5.97 Å². The normalized spacial score (nSPS) is 10.7. The lowest BCUT2D eigenvalue weighted by Crippen LogP contribution is -2.00. The molecule has 1 aromatic carbocycles. The maximum atomic E-state index is 11.3. The zero-order chi connectivity index (χ0) is 13.9. The van der Waals surface area contributed by atoms with Crippen LogP contribution in [-0.2, 0) is 11.3 Å². The number of fused-ring (bicyclic) bond motifs is 1. The highest BCUT2D eigenvalue weighted by atomic mass is 32.1. The van der Waals surface area contributed by atoms with Gasteiger partial charge in [-0.3, -0.25) is 0 Å². The van der Waals surface area contributed by atoms with E-state index in [1.807, 2.05) is 6.07 Å². The van der Waals surface area contributed by atoms with Crippen LogP contribution in [0.1, 0.15) is 16.3 Å². The van der Waals surface area contributed by atoms with Gasteiger partial charge in [0.05, 0.1) is 13.7 Å². The Morgan fingerprint density at radius 2 is 2.20 bits per heavy atom. The predicted molar refractivity (Wildman–Crippen MR) is 79.2 cm³/mol. The molecule has 0 atom stereocenters. The standard InChI is InChI=1S/C15H13NO3S/c1-18-15(17)13-4-3-12(19-13)9-16-11-2-5-14-10(8-11)6-7-20-14/h2-8,16H,9H2,1H3. The summed E-state index contributed by atoms with van der Waals surface area (Å²) in [5.74, 6) is 0.448. The summed E-state index contributed by atoms with van der Waals surface area (Å²) in [6.07, 6.45) is 0. The van der Waals surface area contributed by atoms with Crippen LogP contribution < -0.4 is 5.32 Å². The Kier molecular flexibility index (Phi) is 3.43. The Labute approximate surface area is 120 Å². The number of carbonyl (C=O) groups is 1. The van der Waals surface area contributed by atoms with Crippen LogP contribution in [0.5, 0.6) is 0 Å². The zero-order valence-corrected chi connectivity index (χ0v) is 11.7. The van der Waals surface area contributed by atoms with Gasteiger partial charge in [0.1, 0.15) is 5.76 Å². The molecule has 0 fully saturated rings. The number of benzene rings is 1. The van der Waals surface area contributed by atoms with Crippen molar-refractivity contribution in [2.24, 2.45) is 0 Å². The lowest BCUT2D eigenvalue weighted by Gasteiger charge is -2.04. The third-order valence-electron chi connectivity index (χ3n) is 2.97. The fraction of sp³-hybridized carbons (Fsp3) is 0.133. The number of rotatable bonds is 4. The third-order valence-corrected chi connectivity index (χ3v) is 3.87. The van der Waals surface area contributed by atoms with Gasteiger partial charge in [0.25, 0.3) is 0 Å². The molecule has 0 unspecified atom stereocenters. The van der Waals surface area contributed by atoms with E-state index >= 15 is 0 Å². The molecule has 20 heavy (non-hydrogen) atoms. The summed E-state index contributed by atoms with van der Waals surface area (Å²) in [4.78, 5) is 11.3. The molecule has 4 nitrogen and oxygen atoms in total. The monoisotopic (exact) mass is 287 g/mol. The molecular formula is C15H13NO3S. The van der Waals surface area contributed by atoms with E-state index in [0.717, 1.165) is 5.69 Å². The predicted octanol–water partition coefficient (Wildman–Crippen LogP) is 3.89. The van der Waals surface area contributed by atoms with Crippen molar-refractivity contribution < 1.29 is 13.9 Å². The number of nitrogens with one attached hydrogen (secondary N) is 1. The van der Waals surface area contributed by atoms with Gasteiger partial charge in [0, 0.05) is 10.4 Å². The highest BCUT2D eigenvalue weighted by molar-refractivity contribution is 7.17. The summed E-state index contributed by atoms with van der Waals surface area (Å²) in [5.41, 5.74) is 1.02. The first kappa shape index (κ1) is 12.7. The smallest absolute Gasteiger partial charge is 0.373 e. The Hall–Kier alpha value is -2.27. The van der Waals surface area contributed by atoms with Crippen molar-refractivity contribution >= 4 is 33.1 Å². The largest absolute Gasteiger partial charge is 0.463 e. The molecule has 0 spiro atoms. The van der Waals surface area contributed by atoms with Crippen LogP contribution in [-0.4, -0.2) is 13.1 Å². The number of thiophene rings is 1. The van der Waals surface area contributed by atoms with E-state index in [2.05, 4.69) is 33.6 Å². The number of methoxy groups -OCH3 is 1. The van der Waals surface area contributed by atoms with Crippen molar-refractivity contribution in [3.63, 3.8) is 0 Å². The summed E-state index contributed by atoms with van der Waals surface area (Å²) in [7, 11) is 1.33. The number of hydrogen-bond donors (Lipinski definition) is 1. The topological polar surface area (TPSA) is 51.5 Å². The molecule has 102 valence electrons. The van der Waals surface area contributed by atoms with Gasteiger partial charge in [0.2, 0.25) is 5.76 Å². The molecular weight excluding hydrogens is 274 g/mol. The minimum Gasteiger partial charge on any atom is -0.463 e. The summed E-state index contributed by atoms with van der Waals surface area (Å²) >= 11 is 1.72. The highest BCUT2D eigenvalue weighted by Crippen LogP contribution is 2.24. The molecule has 0 aliphatic carbocycles. The number of carbonyl (C=O) groups excluding carboxylic acids is 1. The van der Waals surface area contributed by atoms with Gasteiger partial charge in [-0.15, -0.1) is 11.3 Å². The van der Waals surface area contributed by atoms with E-state index in [-0.39, 0.29) is 5.76 Å². The van der Waals surface area contributed by atoms with Crippen molar-refractivity contribution in [1.29, 1.82) is 0 Å². The van der Waals surface area contributed by atoms with Crippen LogP contribution >= 0.6 is 11.3 Å². The summed E-state index contributed by atoms with van der Waals surface area (Å²) in [6.45, 7) is 0.520. The average Bonchev–Trinajstić information content (AvgIpc) is 3.12. The van der Waals surface area contributed by atoms with E-state index in [1.165, 1.54) is 17.2 Å². The number of furan rings is 1. The van der Waals surface area contributed by atoms with Crippen LogP contribution in [0.3, 0.4) is 0 Å². The second-order valence-electron chi connectivity index (χ2n) is 4.28. The van der Waals surface area contributed by atoms with Crippen LogP contribution in [0.4, 0.5) is 5.69 Å². The fourth-order valence-electron chi connectivity index (χ4n) is 1.95. The lowest BCUT2D eigenvalue weighted by molar-refractivity contribution is 0.0563. The van der Waals surface area contributed by atoms with Gasteiger partial charge >= 0.3 is 5.97 Å². The Balaban J connectivity index is 1.69. The SMILES string of the molecule is COC(=O)c1ccc(CNc2ccc3sccc3c2)o1. The molecule has 1 N–H and O–H groups in total. The van der Waals surface area contributed by atoms with E-state index in [0.29, 0.717) is 12.3 Å². The van der Waals surface area contributed by atoms with Crippen LogP contribution in [0.2, 0.25) is 0 Å². The molecule has 0 bridgehead atoms. The molecule has 3 rings (SSSR count). The first-order valence-corrected chi connectivity index (χ1v) is 7.02. The van der Waals surface area contributed by atoms with Crippen molar-refractivity contribution in [2.75, 3.05) is 12.4 Å². The van der Waals surface area contributed by atoms with E-state index in [1.54, 1.807) is 23.5 Å². The van der Waals surface area contributed by atoms with E-state index in [4.69, 9.17) is 4.42 Å². The van der Waals surface area contributed by atoms with Gasteiger partial charge in [-0.25, -0.2) is 4.79 Å². The first-order valence-electron chi connectivity index (χ1n) is 6.14. The first-order chi connectivity index (χ1) is 9.76. The molecule has 0 radical (unpaired) electrons. The fourth-order valence-corrected chi connectivity index (χ4v) is 2.72. The van der Waals surface area contributed by atoms with E-state index in [9.17, 15) is 4.79 Å². The van der Waals surface area contributed by atoms with Gasteiger partial charge in [-0.2, -0.15) is 0 Å². The van der Waals surface area contributed by atoms with Gasteiger partial charge in [-0.1, -0.05) is 0 Å². The molecule has 0 saturated carbocycles. The molecule has 2 aromatic heterocycles.